The Bertz CT molecular complexity index is 661. The van der Waals surface area contributed by atoms with Crippen LogP contribution in [0.4, 0.5) is 0 Å². The van der Waals surface area contributed by atoms with Crippen LogP contribution in [-0.4, -0.2) is 51.4 Å². The summed E-state index contributed by atoms with van der Waals surface area (Å²) < 4.78 is 0. The first-order valence-electron chi connectivity index (χ1n) is 11.3. The van der Waals surface area contributed by atoms with Gasteiger partial charge in [0.05, 0.1) is 0 Å². The van der Waals surface area contributed by atoms with Gasteiger partial charge in [0.2, 0.25) is 5.91 Å². The van der Waals surface area contributed by atoms with Crippen LogP contribution in [0, 0.1) is 17.8 Å². The van der Waals surface area contributed by atoms with E-state index < -0.39 is 0 Å². The zero-order chi connectivity index (χ0) is 18.2. The summed E-state index contributed by atoms with van der Waals surface area (Å²) >= 11 is 0. The number of aromatic amines is 1. The zero-order valence-corrected chi connectivity index (χ0v) is 16.5. The number of hydrogen-bond acceptors (Lipinski definition) is 3. The largest absolute Gasteiger partial charge is 0.345 e. The molecule has 2 aliphatic carbocycles. The lowest BCUT2D eigenvalue weighted by Gasteiger charge is -2.35. The zero-order valence-electron chi connectivity index (χ0n) is 16.5. The van der Waals surface area contributed by atoms with Gasteiger partial charge in [-0.2, -0.15) is 0 Å². The van der Waals surface area contributed by atoms with Crippen molar-refractivity contribution in [3.8, 4) is 0 Å². The third-order valence-corrected chi connectivity index (χ3v) is 7.60. The van der Waals surface area contributed by atoms with Crippen molar-refractivity contribution in [3.05, 3.63) is 17.7 Å². The summed E-state index contributed by atoms with van der Waals surface area (Å²) in [6.45, 7) is 4.02. The van der Waals surface area contributed by atoms with Gasteiger partial charge in [0.25, 0.3) is 0 Å². The minimum atomic E-state index is 0.335. The van der Waals surface area contributed by atoms with Gasteiger partial charge in [0.15, 0.2) is 0 Å². The van der Waals surface area contributed by atoms with E-state index >= 15 is 0 Å². The number of aromatic nitrogens is 2. The molecular formula is C22H34N4O. The molecule has 2 atom stereocenters. The van der Waals surface area contributed by atoms with E-state index in [0.717, 1.165) is 51.4 Å². The topological polar surface area (TPSA) is 52.2 Å². The number of nitrogens with zero attached hydrogens (tertiary/aromatic N) is 3. The Hall–Kier alpha value is -1.36. The molecule has 5 fully saturated rings. The number of hydrogen-bond donors (Lipinski definition) is 1. The number of carbonyl (C=O) groups is 1. The Labute approximate surface area is 162 Å². The summed E-state index contributed by atoms with van der Waals surface area (Å²) in [6.07, 6.45) is 14.7. The third-order valence-electron chi connectivity index (χ3n) is 7.60. The Morgan fingerprint density at radius 2 is 1.89 bits per heavy atom. The highest BCUT2D eigenvalue weighted by Crippen LogP contribution is 2.33. The van der Waals surface area contributed by atoms with Gasteiger partial charge in [-0.3, -0.25) is 9.69 Å². The standard InChI is InChI=1S/C22H34N4O/c27-22(18-6-3-7-18)26-13-17-8-9-20(15-26)25(12-17)14-19-11-23-21(24-19)10-16-4-1-2-5-16/h11,16-18,20H,1-10,12-15H2,(H,23,24)/t17-,20-/m0/s1. The second kappa shape index (κ2) is 7.57. The quantitative estimate of drug-likeness (QED) is 0.865. The highest BCUT2D eigenvalue weighted by Gasteiger charge is 2.39. The molecule has 27 heavy (non-hydrogen) atoms. The monoisotopic (exact) mass is 370 g/mol. The Kier molecular flexibility index (Phi) is 4.97. The molecule has 0 spiro atoms. The van der Waals surface area contributed by atoms with Crippen molar-refractivity contribution in [1.29, 1.82) is 0 Å². The van der Waals surface area contributed by atoms with Crippen LogP contribution in [0.2, 0.25) is 0 Å². The van der Waals surface area contributed by atoms with Crippen LogP contribution in [0.5, 0.6) is 0 Å². The third kappa shape index (κ3) is 3.80. The summed E-state index contributed by atoms with van der Waals surface area (Å²) in [6, 6.07) is 0.523. The second-order valence-electron chi connectivity index (χ2n) is 9.61. The number of imidazole rings is 1. The maximum atomic E-state index is 12.8. The predicted molar refractivity (Wildman–Crippen MR) is 105 cm³/mol. The Morgan fingerprint density at radius 1 is 1.04 bits per heavy atom. The molecule has 2 saturated carbocycles. The van der Waals surface area contributed by atoms with Gasteiger partial charge < -0.3 is 9.88 Å². The number of rotatable bonds is 5. The molecule has 1 N–H and O–H groups in total. The molecule has 148 valence electrons. The summed E-state index contributed by atoms with van der Waals surface area (Å²) in [7, 11) is 0. The SMILES string of the molecule is O=C(C1CCC1)N1C[C@H]2CC[C@@H](C1)N(Cc1cnc(CC3CCCC3)[nH]1)C2. The van der Waals surface area contributed by atoms with E-state index in [2.05, 4.69) is 26.0 Å². The van der Waals surface area contributed by atoms with Crippen molar-refractivity contribution in [2.75, 3.05) is 19.6 Å². The Balaban J connectivity index is 1.21. The number of nitrogens with one attached hydrogen (secondary N) is 1. The minimum Gasteiger partial charge on any atom is -0.345 e. The van der Waals surface area contributed by atoms with E-state index in [4.69, 9.17) is 0 Å². The molecule has 5 aliphatic rings. The molecular weight excluding hydrogens is 336 g/mol. The van der Waals surface area contributed by atoms with Crippen molar-refractivity contribution in [3.63, 3.8) is 0 Å². The van der Waals surface area contributed by atoms with Crippen molar-refractivity contribution in [2.45, 2.75) is 76.8 Å². The van der Waals surface area contributed by atoms with E-state index in [-0.39, 0.29) is 0 Å². The molecule has 0 radical (unpaired) electrons. The molecule has 1 amide bonds. The smallest absolute Gasteiger partial charge is 0.225 e. The summed E-state index contributed by atoms with van der Waals surface area (Å²) in [4.78, 5) is 25.9. The number of piperidine rings is 1. The first-order chi connectivity index (χ1) is 13.2. The highest BCUT2D eigenvalue weighted by atomic mass is 16.2. The van der Waals surface area contributed by atoms with E-state index in [0.29, 0.717) is 23.8 Å². The fourth-order valence-corrected chi connectivity index (χ4v) is 5.76. The predicted octanol–water partition coefficient (Wildman–Crippen LogP) is 3.37. The first-order valence-corrected chi connectivity index (χ1v) is 11.3. The normalized spacial score (nSPS) is 29.9. The van der Waals surface area contributed by atoms with E-state index in [9.17, 15) is 4.79 Å². The molecule has 1 aromatic rings. The summed E-state index contributed by atoms with van der Waals surface area (Å²) in [5, 5.41) is 0. The molecule has 4 heterocycles. The highest BCUT2D eigenvalue weighted by molar-refractivity contribution is 5.79. The molecule has 5 heteroatoms. The van der Waals surface area contributed by atoms with Crippen LogP contribution in [0.1, 0.15) is 69.3 Å². The van der Waals surface area contributed by atoms with E-state index in [1.807, 2.05) is 0 Å². The van der Waals surface area contributed by atoms with Gasteiger partial charge in [-0.15, -0.1) is 0 Å². The van der Waals surface area contributed by atoms with Gasteiger partial charge in [-0.1, -0.05) is 32.1 Å². The second-order valence-corrected chi connectivity index (χ2v) is 9.61. The lowest BCUT2D eigenvalue weighted by atomic mass is 9.84. The maximum Gasteiger partial charge on any atom is 0.225 e. The molecule has 0 aromatic carbocycles. The fraction of sp³-hybridized carbons (Fsp3) is 0.818. The number of amides is 1. The van der Waals surface area contributed by atoms with Crippen molar-refractivity contribution >= 4 is 5.91 Å². The molecule has 3 aliphatic heterocycles. The molecule has 3 saturated heterocycles. The summed E-state index contributed by atoms with van der Waals surface area (Å²) in [5.41, 5.74) is 1.26. The van der Waals surface area contributed by atoms with Crippen molar-refractivity contribution < 1.29 is 4.79 Å². The van der Waals surface area contributed by atoms with Crippen LogP contribution in [0.3, 0.4) is 0 Å². The van der Waals surface area contributed by atoms with Crippen molar-refractivity contribution in [1.82, 2.24) is 19.8 Å². The van der Waals surface area contributed by atoms with Crippen LogP contribution < -0.4 is 0 Å². The number of fused-ring (bicyclic) bond motifs is 4. The first kappa shape index (κ1) is 17.7. The van der Waals surface area contributed by atoms with E-state index in [1.165, 1.54) is 56.5 Å². The fourth-order valence-electron chi connectivity index (χ4n) is 5.76. The summed E-state index contributed by atoms with van der Waals surface area (Å²) in [5.74, 6) is 3.44. The molecule has 0 unspecified atom stereocenters. The van der Waals surface area contributed by atoms with Crippen molar-refractivity contribution in [2.24, 2.45) is 17.8 Å². The van der Waals surface area contributed by atoms with Gasteiger partial charge in [0.1, 0.15) is 5.82 Å². The van der Waals surface area contributed by atoms with Gasteiger partial charge in [-0.25, -0.2) is 4.98 Å². The number of carbonyl (C=O) groups excluding carboxylic acids is 1. The molecule has 2 bridgehead atoms. The lowest BCUT2D eigenvalue weighted by molar-refractivity contribution is -0.138. The van der Waals surface area contributed by atoms with Gasteiger partial charge in [0, 0.05) is 56.5 Å². The maximum absolute atomic E-state index is 12.8. The number of H-pyrrole nitrogens is 1. The van der Waals surface area contributed by atoms with Crippen LogP contribution in [0.25, 0.3) is 0 Å². The van der Waals surface area contributed by atoms with Crippen LogP contribution >= 0.6 is 0 Å². The molecule has 5 nitrogen and oxygen atoms in total. The van der Waals surface area contributed by atoms with Crippen LogP contribution in [0.15, 0.2) is 6.20 Å². The molecule has 1 aromatic heterocycles. The lowest BCUT2D eigenvalue weighted by Crippen LogP contribution is -2.45. The minimum absolute atomic E-state index is 0.335. The molecule has 6 rings (SSSR count). The van der Waals surface area contributed by atoms with Crippen LogP contribution in [-0.2, 0) is 17.8 Å². The van der Waals surface area contributed by atoms with Gasteiger partial charge >= 0.3 is 0 Å². The Morgan fingerprint density at radius 3 is 2.67 bits per heavy atom. The average molecular weight is 371 g/mol. The van der Waals surface area contributed by atoms with E-state index in [1.54, 1.807) is 0 Å². The van der Waals surface area contributed by atoms with Gasteiger partial charge in [-0.05, 0) is 37.5 Å². The average Bonchev–Trinajstić information content (AvgIpc) is 3.19.